The Bertz CT molecular complexity index is 1420. The average molecular weight is 584 g/mol. The van der Waals surface area contributed by atoms with Gasteiger partial charge in [0.15, 0.2) is 17.3 Å². The van der Waals surface area contributed by atoms with Gasteiger partial charge in [-0.25, -0.2) is 9.97 Å². The summed E-state index contributed by atoms with van der Waals surface area (Å²) in [5, 5.41) is 3.28. The van der Waals surface area contributed by atoms with Crippen LogP contribution in [0.3, 0.4) is 0 Å². The molecular weight excluding hydrogens is 538 g/mol. The van der Waals surface area contributed by atoms with Gasteiger partial charge in [-0.15, -0.1) is 0 Å². The molecule has 0 unspecified atom stereocenters. The van der Waals surface area contributed by atoms with Gasteiger partial charge in [0.1, 0.15) is 5.82 Å². The molecule has 5 rings (SSSR count). The zero-order valence-corrected chi connectivity index (χ0v) is 26.1. The minimum absolute atomic E-state index is 0.0484. The molecule has 0 aliphatic carbocycles. The summed E-state index contributed by atoms with van der Waals surface area (Å²) in [7, 11) is 2.15. The van der Waals surface area contributed by atoms with Crippen LogP contribution in [0.5, 0.6) is 0 Å². The van der Waals surface area contributed by atoms with Crippen LogP contribution in [0.1, 0.15) is 73.4 Å². The van der Waals surface area contributed by atoms with Crippen molar-refractivity contribution in [2.24, 2.45) is 11.7 Å². The number of piperidine rings is 1. The molecule has 2 saturated heterocycles. The lowest BCUT2D eigenvalue weighted by Crippen LogP contribution is -2.44. The third kappa shape index (κ3) is 7.16. The Balaban J connectivity index is 1.29. The molecule has 2 aliphatic rings. The minimum atomic E-state index is -0.636. The van der Waals surface area contributed by atoms with Crippen molar-refractivity contribution in [3.05, 3.63) is 71.5 Å². The van der Waals surface area contributed by atoms with Crippen molar-refractivity contribution in [3.8, 4) is 0 Å². The topological polar surface area (TPSA) is 108 Å². The maximum atomic E-state index is 13.3. The first-order valence-corrected chi connectivity index (χ1v) is 15.4. The Morgan fingerprint density at radius 3 is 2.28 bits per heavy atom. The van der Waals surface area contributed by atoms with Gasteiger partial charge in [-0.2, -0.15) is 0 Å². The number of Topliss-reactive ketones (excluding diaryl/α,β-unsaturated/α-hetero) is 1. The maximum absolute atomic E-state index is 13.3. The SMILES string of the molecule is C[C@@H]1[C@H](CC(=O)c2ccc(C(C)(C)C)cc2)CCCN1c1cnc(C(N)=O)c(Nc2ccc(N3CCN(C)CC3)cc2)n1. The van der Waals surface area contributed by atoms with Gasteiger partial charge in [0.05, 0.1) is 6.20 Å². The van der Waals surface area contributed by atoms with Crippen LogP contribution in [-0.2, 0) is 5.41 Å². The number of aromatic nitrogens is 2. The fourth-order valence-corrected chi connectivity index (χ4v) is 6.07. The standard InChI is InChI=1S/C34H45N7O2/c1-23-25(21-29(42)24-8-10-26(11-9-24)34(2,3)4)7-6-16-41(23)30-22-36-31(32(35)43)33(38-30)37-27-12-14-28(15-13-27)40-19-17-39(5)18-20-40/h8-15,22-23,25H,6-7,16-21H2,1-5H3,(H2,35,43)(H,37,38)/t23-,25+/m1/s1. The van der Waals surface area contributed by atoms with Crippen molar-refractivity contribution in [2.75, 3.05) is 54.9 Å². The summed E-state index contributed by atoms with van der Waals surface area (Å²) < 4.78 is 0. The van der Waals surface area contributed by atoms with E-state index in [1.807, 2.05) is 24.3 Å². The fourth-order valence-electron chi connectivity index (χ4n) is 6.07. The first-order valence-electron chi connectivity index (χ1n) is 15.4. The number of anilines is 4. The molecule has 3 aromatic rings. The Morgan fingerprint density at radius 1 is 0.977 bits per heavy atom. The van der Waals surface area contributed by atoms with Crippen LogP contribution < -0.4 is 20.9 Å². The summed E-state index contributed by atoms with van der Waals surface area (Å²) in [5.41, 5.74) is 9.77. The molecule has 1 aromatic heterocycles. The molecule has 43 heavy (non-hydrogen) atoms. The van der Waals surface area contributed by atoms with Gasteiger partial charge < -0.3 is 25.8 Å². The molecule has 2 aliphatic heterocycles. The van der Waals surface area contributed by atoms with Crippen molar-refractivity contribution < 1.29 is 9.59 Å². The first-order chi connectivity index (χ1) is 20.5. The number of carbonyl (C=O) groups is 2. The summed E-state index contributed by atoms with van der Waals surface area (Å²) in [6.45, 7) is 13.5. The number of nitrogens with one attached hydrogen (secondary N) is 1. The van der Waals surface area contributed by atoms with Crippen LogP contribution in [0.15, 0.2) is 54.7 Å². The number of amides is 1. The third-order valence-electron chi connectivity index (χ3n) is 8.95. The molecule has 3 N–H and O–H groups in total. The minimum Gasteiger partial charge on any atom is -0.369 e. The lowest BCUT2D eigenvalue weighted by molar-refractivity contribution is 0.0944. The second-order valence-electron chi connectivity index (χ2n) is 13.0. The number of likely N-dealkylation sites (N-methyl/N-ethyl adjacent to an activating group) is 1. The third-order valence-corrected chi connectivity index (χ3v) is 8.95. The predicted octanol–water partition coefficient (Wildman–Crippen LogP) is 5.25. The molecule has 2 atom stereocenters. The van der Waals surface area contributed by atoms with E-state index < -0.39 is 5.91 Å². The highest BCUT2D eigenvalue weighted by Crippen LogP contribution is 2.32. The lowest BCUT2D eigenvalue weighted by atomic mass is 9.83. The molecule has 9 heteroatoms. The van der Waals surface area contributed by atoms with Gasteiger partial charge in [-0.05, 0) is 68.0 Å². The van der Waals surface area contributed by atoms with E-state index >= 15 is 0 Å². The van der Waals surface area contributed by atoms with Crippen molar-refractivity contribution >= 4 is 34.7 Å². The van der Waals surface area contributed by atoms with E-state index in [1.54, 1.807) is 6.20 Å². The summed E-state index contributed by atoms with van der Waals surface area (Å²) in [4.78, 5) is 41.7. The number of primary amides is 1. The van der Waals surface area contributed by atoms with Gasteiger partial charge in [0.25, 0.3) is 5.91 Å². The predicted molar refractivity (Wildman–Crippen MR) is 174 cm³/mol. The van der Waals surface area contributed by atoms with Gasteiger partial charge in [0, 0.05) is 62.1 Å². The van der Waals surface area contributed by atoms with E-state index in [4.69, 9.17) is 10.7 Å². The Labute approximate surface area is 255 Å². The van der Waals surface area contributed by atoms with Crippen molar-refractivity contribution in [2.45, 2.75) is 58.4 Å². The molecule has 0 bridgehead atoms. The quantitative estimate of drug-likeness (QED) is 0.347. The number of ketones is 1. The lowest BCUT2D eigenvalue weighted by Gasteiger charge is -2.40. The van der Waals surface area contributed by atoms with E-state index in [-0.39, 0.29) is 28.9 Å². The maximum Gasteiger partial charge on any atom is 0.271 e. The molecule has 0 spiro atoms. The molecule has 0 radical (unpaired) electrons. The van der Waals surface area contributed by atoms with E-state index in [0.717, 1.165) is 56.8 Å². The zero-order chi connectivity index (χ0) is 30.7. The van der Waals surface area contributed by atoms with Crippen LogP contribution in [0, 0.1) is 5.92 Å². The molecular formula is C34H45N7O2. The van der Waals surface area contributed by atoms with Crippen LogP contribution in [0.2, 0.25) is 0 Å². The van der Waals surface area contributed by atoms with Crippen LogP contribution in [0.25, 0.3) is 0 Å². The molecule has 228 valence electrons. The van der Waals surface area contributed by atoms with Crippen LogP contribution in [-0.4, -0.2) is 72.4 Å². The van der Waals surface area contributed by atoms with E-state index in [9.17, 15) is 9.59 Å². The Kier molecular flexibility index (Phi) is 9.01. The highest BCUT2D eigenvalue weighted by atomic mass is 16.1. The van der Waals surface area contributed by atoms with Crippen molar-refractivity contribution in [3.63, 3.8) is 0 Å². The van der Waals surface area contributed by atoms with Crippen LogP contribution in [0.4, 0.5) is 23.0 Å². The molecule has 9 nitrogen and oxygen atoms in total. The number of hydrogen-bond donors (Lipinski definition) is 2. The number of nitrogens with two attached hydrogens (primary N) is 1. The zero-order valence-electron chi connectivity index (χ0n) is 26.1. The van der Waals surface area contributed by atoms with E-state index in [0.29, 0.717) is 18.1 Å². The number of hydrogen-bond acceptors (Lipinski definition) is 8. The number of carbonyl (C=O) groups excluding carboxylic acids is 2. The summed E-state index contributed by atoms with van der Waals surface area (Å²) >= 11 is 0. The summed E-state index contributed by atoms with van der Waals surface area (Å²) in [6.07, 6.45) is 4.01. The second kappa shape index (κ2) is 12.7. The van der Waals surface area contributed by atoms with Crippen molar-refractivity contribution in [1.29, 1.82) is 0 Å². The fraction of sp³-hybridized carbons (Fsp3) is 0.471. The number of rotatable bonds is 8. The number of benzene rings is 2. The Hall–Kier alpha value is -3.98. The van der Waals surface area contributed by atoms with E-state index in [2.05, 4.69) is 84.0 Å². The highest BCUT2D eigenvalue weighted by molar-refractivity contribution is 5.97. The monoisotopic (exact) mass is 583 g/mol. The molecule has 2 fully saturated rings. The first kappa shape index (κ1) is 30.5. The molecule has 3 heterocycles. The number of piperazine rings is 1. The van der Waals surface area contributed by atoms with E-state index in [1.165, 1.54) is 11.3 Å². The van der Waals surface area contributed by atoms with Crippen molar-refractivity contribution in [1.82, 2.24) is 14.9 Å². The van der Waals surface area contributed by atoms with Crippen LogP contribution >= 0.6 is 0 Å². The highest BCUT2D eigenvalue weighted by Gasteiger charge is 2.31. The summed E-state index contributed by atoms with van der Waals surface area (Å²) in [5.74, 6) is 0.710. The summed E-state index contributed by atoms with van der Waals surface area (Å²) in [6, 6.07) is 16.3. The molecule has 1 amide bonds. The molecule has 2 aromatic carbocycles. The largest absolute Gasteiger partial charge is 0.369 e. The normalized spacial score (nSPS) is 19.7. The average Bonchev–Trinajstić information content (AvgIpc) is 2.98. The van der Waals surface area contributed by atoms with Gasteiger partial charge in [-0.1, -0.05) is 45.0 Å². The second-order valence-corrected chi connectivity index (χ2v) is 13.0. The van der Waals surface area contributed by atoms with Gasteiger partial charge in [-0.3, -0.25) is 9.59 Å². The smallest absolute Gasteiger partial charge is 0.271 e. The Morgan fingerprint density at radius 2 is 1.65 bits per heavy atom. The van der Waals surface area contributed by atoms with Gasteiger partial charge >= 0.3 is 0 Å². The molecule has 0 saturated carbocycles. The number of nitrogens with zero attached hydrogens (tertiary/aromatic N) is 5. The van der Waals surface area contributed by atoms with Gasteiger partial charge in [0.2, 0.25) is 0 Å².